The summed E-state index contributed by atoms with van der Waals surface area (Å²) in [5.41, 5.74) is 2.05. The van der Waals surface area contributed by atoms with Crippen molar-refractivity contribution in [3.63, 3.8) is 0 Å². The van der Waals surface area contributed by atoms with E-state index in [0.717, 1.165) is 5.56 Å². The maximum Gasteiger partial charge on any atom is 0.274 e. The zero-order valence-electron chi connectivity index (χ0n) is 21.2. The van der Waals surface area contributed by atoms with Crippen LogP contribution in [-0.2, 0) is 12.6 Å². The van der Waals surface area contributed by atoms with Crippen LogP contribution < -0.4 is 15.6 Å². The highest BCUT2D eigenvalue weighted by Crippen LogP contribution is 2.41. The average molecular weight is 492 g/mol. The fraction of sp³-hybridized carbons (Fsp3) is 0.286. The van der Waals surface area contributed by atoms with Crippen molar-refractivity contribution in [1.82, 2.24) is 14.9 Å². The highest BCUT2D eigenvalue weighted by atomic mass is 19.1. The molecule has 0 radical (unpaired) electrons. The minimum absolute atomic E-state index is 0.259. The summed E-state index contributed by atoms with van der Waals surface area (Å²) in [6, 6.07) is 9.94. The Bertz CT molecular complexity index is 1540. The number of hydrogen-bond acceptors (Lipinski definition) is 4. The van der Waals surface area contributed by atoms with Gasteiger partial charge in [0.25, 0.3) is 11.5 Å². The average Bonchev–Trinajstić information content (AvgIpc) is 3.27. The summed E-state index contributed by atoms with van der Waals surface area (Å²) >= 11 is 0. The first-order valence-electron chi connectivity index (χ1n) is 11.7. The third-order valence-electron chi connectivity index (χ3n) is 6.27. The van der Waals surface area contributed by atoms with E-state index in [4.69, 9.17) is 4.74 Å². The molecule has 36 heavy (non-hydrogen) atoms. The molecule has 8 heteroatoms. The number of carbonyl (C=O) groups excluding carboxylic acids is 1. The summed E-state index contributed by atoms with van der Waals surface area (Å²) in [6.07, 6.45) is 1.67. The molecular weight excluding hydrogens is 461 g/mol. The number of carbonyl (C=O) groups is 1. The fourth-order valence-corrected chi connectivity index (χ4v) is 4.21. The molecule has 4 rings (SSSR count). The number of pyridine rings is 1. The van der Waals surface area contributed by atoms with E-state index in [2.05, 4.69) is 10.3 Å². The van der Waals surface area contributed by atoms with Gasteiger partial charge in [0.05, 0.1) is 5.60 Å². The van der Waals surface area contributed by atoms with Gasteiger partial charge in [0.1, 0.15) is 28.5 Å². The Morgan fingerprint density at radius 3 is 2.56 bits per heavy atom. The number of H-pyrrole nitrogens is 1. The van der Waals surface area contributed by atoms with Gasteiger partial charge in [0, 0.05) is 41.9 Å². The van der Waals surface area contributed by atoms with Gasteiger partial charge in [-0.2, -0.15) is 0 Å². The van der Waals surface area contributed by atoms with E-state index in [1.165, 1.54) is 10.6 Å². The number of aromatic amines is 1. The molecule has 0 unspecified atom stereocenters. The van der Waals surface area contributed by atoms with E-state index in [0.29, 0.717) is 45.7 Å². The molecule has 0 aliphatic rings. The molecule has 0 saturated heterocycles. The number of halogens is 1. The van der Waals surface area contributed by atoms with Gasteiger partial charge in [-0.15, -0.1) is 0 Å². The first-order valence-corrected chi connectivity index (χ1v) is 11.7. The van der Waals surface area contributed by atoms with E-state index in [1.807, 2.05) is 13.8 Å². The largest absolute Gasteiger partial charge is 0.456 e. The van der Waals surface area contributed by atoms with Crippen LogP contribution in [0.4, 0.5) is 4.39 Å². The van der Waals surface area contributed by atoms with Crippen LogP contribution >= 0.6 is 0 Å². The van der Waals surface area contributed by atoms with Crippen LogP contribution in [0, 0.1) is 19.7 Å². The van der Waals surface area contributed by atoms with Crippen molar-refractivity contribution in [2.45, 2.75) is 40.2 Å². The van der Waals surface area contributed by atoms with Crippen LogP contribution in [-0.4, -0.2) is 27.1 Å². The van der Waals surface area contributed by atoms with Crippen molar-refractivity contribution in [3.8, 4) is 22.6 Å². The third kappa shape index (κ3) is 4.52. The van der Waals surface area contributed by atoms with Crippen LogP contribution in [0.2, 0.25) is 0 Å². The molecule has 3 N–H and O–H groups in total. The number of nitrogens with zero attached hydrogens (tertiary/aromatic N) is 1. The summed E-state index contributed by atoms with van der Waals surface area (Å²) in [6.45, 7) is 9.09. The maximum absolute atomic E-state index is 14.4. The summed E-state index contributed by atoms with van der Waals surface area (Å²) < 4.78 is 22.1. The lowest BCUT2D eigenvalue weighted by atomic mass is 9.93. The van der Waals surface area contributed by atoms with E-state index < -0.39 is 5.60 Å². The number of aliphatic hydroxyl groups is 1. The van der Waals surface area contributed by atoms with E-state index in [-0.39, 0.29) is 28.5 Å². The van der Waals surface area contributed by atoms with Crippen LogP contribution in [0.5, 0.6) is 11.5 Å². The number of benzene rings is 2. The molecule has 0 aliphatic carbocycles. The number of nitrogens with one attached hydrogen (secondary N) is 2. The second-order valence-electron chi connectivity index (χ2n) is 9.48. The Morgan fingerprint density at radius 2 is 1.89 bits per heavy atom. The molecule has 1 amide bonds. The molecule has 2 heterocycles. The summed E-state index contributed by atoms with van der Waals surface area (Å²) in [5, 5.41) is 14.0. The highest BCUT2D eigenvalue weighted by Gasteiger charge is 2.23. The molecule has 4 aromatic rings. The van der Waals surface area contributed by atoms with Gasteiger partial charge in [-0.3, -0.25) is 9.59 Å². The van der Waals surface area contributed by atoms with Crippen LogP contribution in [0.3, 0.4) is 0 Å². The minimum Gasteiger partial charge on any atom is -0.456 e. The molecular formula is C28H30FN3O4. The molecule has 0 bridgehead atoms. The number of amides is 1. The molecule has 7 nitrogen and oxygen atoms in total. The van der Waals surface area contributed by atoms with E-state index in [1.54, 1.807) is 64.3 Å². The normalized spacial score (nSPS) is 11.7. The molecule has 0 spiro atoms. The Morgan fingerprint density at radius 1 is 1.17 bits per heavy atom. The Hall–Kier alpha value is -3.91. The molecule has 0 saturated carbocycles. The number of rotatable bonds is 6. The van der Waals surface area contributed by atoms with Gasteiger partial charge in [0.15, 0.2) is 0 Å². The standard InChI is InChI=1S/C28H30FN3O4/c1-7-30-26(33)22-13-19-20(14-32(6)27(34)24(19)31-22)18-12-17(28(4,5)35)9-11-23(18)36-25-15(2)8-10-21(29)16(25)3/h8-14,31,35H,7H2,1-6H3,(H,30,33). The lowest BCUT2D eigenvalue weighted by Crippen LogP contribution is -2.23. The zero-order valence-corrected chi connectivity index (χ0v) is 21.2. The minimum atomic E-state index is -1.15. The van der Waals surface area contributed by atoms with Gasteiger partial charge in [0.2, 0.25) is 0 Å². The Balaban J connectivity index is 2.01. The first-order chi connectivity index (χ1) is 16.9. The van der Waals surface area contributed by atoms with Crippen molar-refractivity contribution in [1.29, 1.82) is 0 Å². The van der Waals surface area contributed by atoms with Crippen molar-refractivity contribution in [2.24, 2.45) is 7.05 Å². The fourth-order valence-electron chi connectivity index (χ4n) is 4.21. The molecule has 0 atom stereocenters. The monoisotopic (exact) mass is 491 g/mol. The van der Waals surface area contributed by atoms with E-state index in [9.17, 15) is 19.1 Å². The molecule has 0 fully saturated rings. The van der Waals surface area contributed by atoms with Crippen LogP contribution in [0.15, 0.2) is 47.4 Å². The number of ether oxygens (including phenoxy) is 1. The topological polar surface area (TPSA) is 96.3 Å². The predicted octanol–water partition coefficient (Wildman–Crippen LogP) is 5.06. The van der Waals surface area contributed by atoms with Crippen LogP contribution in [0.1, 0.15) is 48.0 Å². The molecule has 2 aromatic carbocycles. The Labute approximate surface area is 208 Å². The highest BCUT2D eigenvalue weighted by molar-refractivity contribution is 6.03. The SMILES string of the molecule is CCNC(=O)c1cc2c(-c3cc(C(C)(C)O)ccc3Oc3c(C)ccc(F)c3C)cn(C)c(=O)c2[nH]1. The number of aromatic nitrogens is 2. The smallest absolute Gasteiger partial charge is 0.274 e. The lowest BCUT2D eigenvalue weighted by molar-refractivity contribution is 0.0786. The van der Waals surface area contributed by atoms with Crippen molar-refractivity contribution in [3.05, 3.63) is 81.2 Å². The zero-order chi connectivity index (χ0) is 26.4. The summed E-state index contributed by atoms with van der Waals surface area (Å²) in [4.78, 5) is 28.4. The molecule has 2 aromatic heterocycles. The maximum atomic E-state index is 14.4. The number of fused-ring (bicyclic) bond motifs is 1. The first kappa shape index (κ1) is 25.2. The van der Waals surface area contributed by atoms with Crippen molar-refractivity contribution >= 4 is 16.8 Å². The van der Waals surface area contributed by atoms with Crippen molar-refractivity contribution in [2.75, 3.05) is 6.54 Å². The van der Waals surface area contributed by atoms with E-state index >= 15 is 0 Å². The lowest BCUT2D eigenvalue weighted by Gasteiger charge is -2.22. The quantitative estimate of drug-likeness (QED) is 0.351. The Kier molecular flexibility index (Phi) is 6.49. The second kappa shape index (κ2) is 9.28. The van der Waals surface area contributed by atoms with Gasteiger partial charge < -0.3 is 24.7 Å². The molecule has 0 aliphatic heterocycles. The number of hydrogen-bond donors (Lipinski definition) is 3. The van der Waals surface area contributed by atoms with Gasteiger partial charge in [-0.05, 0) is 70.0 Å². The summed E-state index contributed by atoms with van der Waals surface area (Å²) in [7, 11) is 1.62. The van der Waals surface area contributed by atoms with Crippen molar-refractivity contribution < 1.29 is 19.0 Å². The molecule has 188 valence electrons. The summed E-state index contributed by atoms with van der Waals surface area (Å²) in [5.74, 6) is 0.104. The number of aryl methyl sites for hydroxylation is 2. The van der Waals surface area contributed by atoms with Crippen LogP contribution in [0.25, 0.3) is 22.0 Å². The second-order valence-corrected chi connectivity index (χ2v) is 9.48. The van der Waals surface area contributed by atoms with Gasteiger partial charge in [-0.1, -0.05) is 12.1 Å². The predicted molar refractivity (Wildman–Crippen MR) is 138 cm³/mol. The third-order valence-corrected chi connectivity index (χ3v) is 6.27. The van der Waals surface area contributed by atoms with Gasteiger partial charge >= 0.3 is 0 Å². The van der Waals surface area contributed by atoms with Gasteiger partial charge in [-0.25, -0.2) is 4.39 Å².